The van der Waals surface area contributed by atoms with E-state index in [0.717, 1.165) is 35.9 Å². The van der Waals surface area contributed by atoms with E-state index in [1.165, 1.54) is 13.4 Å². The predicted octanol–water partition coefficient (Wildman–Crippen LogP) is 1.66. The number of aliphatic hydroxyl groups is 1. The standard InChI is InChI=1S/C21H30N6O3/c1-14(2)30-16-5-6-18(25-22)17(11-16)15(3)19-12-20(24-13-23-19)26-7-9-27(10-8-26)21(28)29-4/h5-6,11-14,21,25,28H,3,7-10,22H2,1-2,4H3/t21-/m0/s1. The third-order valence-corrected chi connectivity index (χ3v) is 4.97. The molecule has 9 heteroatoms. The first-order valence-electron chi connectivity index (χ1n) is 9.91. The molecule has 2 aromatic rings. The summed E-state index contributed by atoms with van der Waals surface area (Å²) in [6.45, 7) is 11.0. The Morgan fingerprint density at radius 3 is 2.57 bits per heavy atom. The lowest BCUT2D eigenvalue weighted by molar-refractivity contribution is -0.177. The van der Waals surface area contributed by atoms with Crippen LogP contribution in [0.25, 0.3) is 5.57 Å². The van der Waals surface area contributed by atoms with Crippen LogP contribution in [-0.4, -0.2) is 65.8 Å². The van der Waals surface area contributed by atoms with Crippen molar-refractivity contribution in [1.29, 1.82) is 0 Å². The maximum absolute atomic E-state index is 9.83. The van der Waals surface area contributed by atoms with Gasteiger partial charge in [0, 0.05) is 50.5 Å². The molecule has 1 aliphatic heterocycles. The number of ether oxygens (including phenoxy) is 2. The zero-order chi connectivity index (χ0) is 21.7. The molecule has 0 unspecified atom stereocenters. The molecular formula is C21H30N6O3. The molecule has 9 nitrogen and oxygen atoms in total. The molecule has 2 heterocycles. The third-order valence-electron chi connectivity index (χ3n) is 4.97. The second-order valence-electron chi connectivity index (χ2n) is 7.34. The molecule has 0 saturated carbocycles. The quantitative estimate of drug-likeness (QED) is 0.337. The van der Waals surface area contributed by atoms with E-state index in [0.29, 0.717) is 24.4 Å². The number of hydrazine groups is 1. The first-order chi connectivity index (χ1) is 14.4. The summed E-state index contributed by atoms with van der Waals surface area (Å²) < 4.78 is 10.8. The SMILES string of the molecule is C=C(c1cc(N2CCN([C@@H](O)OC)CC2)ncn1)c1cc(OC(C)C)ccc1NN. The Bertz CT molecular complexity index is 868. The molecule has 1 saturated heterocycles. The Hall–Kier alpha value is -2.72. The molecule has 0 spiro atoms. The van der Waals surface area contributed by atoms with Crippen LogP contribution in [0.2, 0.25) is 0 Å². The number of nitrogens with two attached hydrogens (primary N) is 1. The number of methoxy groups -OCH3 is 1. The number of aliphatic hydroxyl groups excluding tert-OH is 1. The van der Waals surface area contributed by atoms with E-state index in [2.05, 4.69) is 26.9 Å². The summed E-state index contributed by atoms with van der Waals surface area (Å²) in [7, 11) is 1.49. The van der Waals surface area contributed by atoms with Gasteiger partial charge >= 0.3 is 0 Å². The highest BCUT2D eigenvalue weighted by Gasteiger charge is 2.23. The number of hydrogen-bond acceptors (Lipinski definition) is 9. The molecule has 1 aromatic heterocycles. The highest BCUT2D eigenvalue weighted by atomic mass is 16.6. The maximum atomic E-state index is 9.83. The van der Waals surface area contributed by atoms with Crippen LogP contribution in [0, 0.1) is 0 Å². The molecule has 0 aliphatic carbocycles. The topological polar surface area (TPSA) is 109 Å². The van der Waals surface area contributed by atoms with E-state index in [1.54, 1.807) is 0 Å². The van der Waals surface area contributed by atoms with Gasteiger partial charge < -0.3 is 24.9 Å². The van der Waals surface area contributed by atoms with Crippen molar-refractivity contribution < 1.29 is 14.6 Å². The molecule has 1 fully saturated rings. The van der Waals surface area contributed by atoms with Gasteiger partial charge in [0.05, 0.1) is 17.5 Å². The van der Waals surface area contributed by atoms with E-state index in [4.69, 9.17) is 15.3 Å². The van der Waals surface area contributed by atoms with Crippen LogP contribution in [0.1, 0.15) is 25.1 Å². The minimum atomic E-state index is -0.879. The fourth-order valence-electron chi connectivity index (χ4n) is 3.39. The van der Waals surface area contributed by atoms with Gasteiger partial charge in [-0.3, -0.25) is 10.7 Å². The second-order valence-corrected chi connectivity index (χ2v) is 7.34. The summed E-state index contributed by atoms with van der Waals surface area (Å²) >= 11 is 0. The molecule has 30 heavy (non-hydrogen) atoms. The molecule has 0 bridgehead atoms. The van der Waals surface area contributed by atoms with Gasteiger partial charge in [0.15, 0.2) is 0 Å². The predicted molar refractivity (Wildman–Crippen MR) is 117 cm³/mol. The molecule has 0 radical (unpaired) electrons. The van der Waals surface area contributed by atoms with Crippen molar-refractivity contribution in [2.45, 2.75) is 26.4 Å². The van der Waals surface area contributed by atoms with Crippen molar-refractivity contribution in [1.82, 2.24) is 14.9 Å². The molecule has 0 amide bonds. The fourth-order valence-corrected chi connectivity index (χ4v) is 3.39. The monoisotopic (exact) mass is 414 g/mol. The van der Waals surface area contributed by atoms with Crippen LogP contribution < -0.4 is 20.9 Å². The van der Waals surface area contributed by atoms with Crippen molar-refractivity contribution in [3.05, 3.63) is 48.4 Å². The number of piperazine rings is 1. The number of hydrogen-bond donors (Lipinski definition) is 3. The van der Waals surface area contributed by atoms with Crippen molar-refractivity contribution in [2.75, 3.05) is 43.6 Å². The van der Waals surface area contributed by atoms with Gasteiger partial charge in [-0.2, -0.15) is 0 Å². The Kier molecular flexibility index (Phi) is 7.22. The molecular weight excluding hydrogens is 384 g/mol. The molecule has 1 aliphatic rings. The van der Waals surface area contributed by atoms with Crippen LogP contribution in [0.5, 0.6) is 5.75 Å². The zero-order valence-electron chi connectivity index (χ0n) is 17.7. The van der Waals surface area contributed by atoms with Crippen molar-refractivity contribution in [2.24, 2.45) is 5.84 Å². The average molecular weight is 415 g/mol. The number of nitrogens with one attached hydrogen (secondary N) is 1. The van der Waals surface area contributed by atoms with Crippen LogP contribution >= 0.6 is 0 Å². The van der Waals surface area contributed by atoms with Crippen molar-refractivity contribution in [3.63, 3.8) is 0 Å². The number of rotatable bonds is 8. The lowest BCUT2D eigenvalue weighted by atomic mass is 10.0. The second kappa shape index (κ2) is 9.86. The Balaban J connectivity index is 1.80. The summed E-state index contributed by atoms with van der Waals surface area (Å²) in [5.41, 5.74) is 5.69. The van der Waals surface area contributed by atoms with E-state index in [9.17, 15) is 5.11 Å². The summed E-state index contributed by atoms with van der Waals surface area (Å²) in [6, 6.07) is 7.55. The average Bonchev–Trinajstić information content (AvgIpc) is 2.77. The van der Waals surface area contributed by atoms with Gasteiger partial charge in [0.2, 0.25) is 6.41 Å². The van der Waals surface area contributed by atoms with Crippen molar-refractivity contribution in [3.8, 4) is 5.75 Å². The molecule has 1 atom stereocenters. The highest BCUT2D eigenvalue weighted by Crippen LogP contribution is 2.31. The molecule has 4 N–H and O–H groups in total. The van der Waals surface area contributed by atoms with Crippen LogP contribution in [0.4, 0.5) is 11.5 Å². The summed E-state index contributed by atoms with van der Waals surface area (Å²) in [4.78, 5) is 12.9. The minimum absolute atomic E-state index is 0.0590. The largest absolute Gasteiger partial charge is 0.491 e. The van der Waals surface area contributed by atoms with Gasteiger partial charge in [0.1, 0.15) is 17.9 Å². The lowest BCUT2D eigenvalue weighted by Crippen LogP contribution is -2.51. The molecule has 3 rings (SSSR count). The minimum Gasteiger partial charge on any atom is -0.491 e. The van der Waals surface area contributed by atoms with Gasteiger partial charge in [-0.25, -0.2) is 9.97 Å². The number of benzene rings is 1. The lowest BCUT2D eigenvalue weighted by Gasteiger charge is -2.36. The van der Waals surface area contributed by atoms with E-state index in [1.807, 2.05) is 43.0 Å². The van der Waals surface area contributed by atoms with Crippen molar-refractivity contribution >= 4 is 17.1 Å². The smallest absolute Gasteiger partial charge is 0.215 e. The first kappa shape index (κ1) is 22.0. The van der Waals surface area contributed by atoms with Gasteiger partial charge in [-0.1, -0.05) is 6.58 Å². The zero-order valence-corrected chi connectivity index (χ0v) is 17.7. The normalized spacial score (nSPS) is 15.9. The van der Waals surface area contributed by atoms with E-state index >= 15 is 0 Å². The Morgan fingerprint density at radius 1 is 1.20 bits per heavy atom. The number of nitrogens with zero attached hydrogens (tertiary/aromatic N) is 4. The number of anilines is 2. The summed E-state index contributed by atoms with van der Waals surface area (Å²) in [6.07, 6.45) is 0.718. The van der Waals surface area contributed by atoms with E-state index < -0.39 is 6.41 Å². The summed E-state index contributed by atoms with van der Waals surface area (Å²) in [5.74, 6) is 7.25. The fraction of sp³-hybridized carbons (Fsp3) is 0.429. The Morgan fingerprint density at radius 2 is 1.93 bits per heavy atom. The summed E-state index contributed by atoms with van der Waals surface area (Å²) in [5, 5.41) is 9.83. The molecule has 162 valence electrons. The van der Waals surface area contributed by atoms with Crippen LogP contribution in [0.15, 0.2) is 37.2 Å². The van der Waals surface area contributed by atoms with Crippen LogP contribution in [-0.2, 0) is 4.74 Å². The third kappa shape index (κ3) is 5.06. The van der Waals surface area contributed by atoms with Crippen LogP contribution in [0.3, 0.4) is 0 Å². The number of aromatic nitrogens is 2. The van der Waals surface area contributed by atoms with Gasteiger partial charge in [0.25, 0.3) is 0 Å². The Labute approximate surface area is 177 Å². The van der Waals surface area contributed by atoms with E-state index in [-0.39, 0.29) is 6.10 Å². The van der Waals surface area contributed by atoms with Gasteiger partial charge in [-0.05, 0) is 32.0 Å². The van der Waals surface area contributed by atoms with Gasteiger partial charge in [-0.15, -0.1) is 0 Å². The highest BCUT2D eigenvalue weighted by molar-refractivity contribution is 5.84. The first-order valence-corrected chi connectivity index (χ1v) is 9.91. The maximum Gasteiger partial charge on any atom is 0.215 e. The molecule has 1 aromatic carbocycles. The number of nitrogen functional groups attached to an aromatic ring is 1.